The van der Waals surface area contributed by atoms with Crippen molar-refractivity contribution in [2.75, 3.05) is 37.5 Å². The fraction of sp³-hybridized carbons (Fsp3) is 0.444. The second-order valence-corrected chi connectivity index (χ2v) is 8.95. The van der Waals surface area contributed by atoms with Gasteiger partial charge in [-0.3, -0.25) is 4.99 Å². The maximum atomic E-state index is 11.6. The summed E-state index contributed by atoms with van der Waals surface area (Å²) in [5.74, 6) is 1.91. The lowest BCUT2D eigenvalue weighted by Gasteiger charge is -2.18. The second-order valence-electron chi connectivity index (χ2n) is 6.72. The zero-order valence-electron chi connectivity index (χ0n) is 15.8. The molecule has 9 heteroatoms. The minimum atomic E-state index is -2.92. The summed E-state index contributed by atoms with van der Waals surface area (Å²) in [6, 6.07) is 10.0. The number of pyridine rings is 1. The van der Waals surface area contributed by atoms with Crippen LogP contribution in [0.3, 0.4) is 0 Å². The van der Waals surface area contributed by atoms with Gasteiger partial charge in [0.2, 0.25) is 0 Å². The van der Waals surface area contributed by atoms with Gasteiger partial charge >= 0.3 is 0 Å². The Balaban J connectivity index is 0.00000261. The molecule has 1 aliphatic heterocycles. The van der Waals surface area contributed by atoms with Gasteiger partial charge in [-0.15, -0.1) is 24.0 Å². The quantitative estimate of drug-likeness (QED) is 0.376. The molecule has 2 N–H and O–H groups in total. The Morgan fingerprint density at radius 3 is 2.70 bits per heavy atom. The molecule has 0 radical (unpaired) electrons. The summed E-state index contributed by atoms with van der Waals surface area (Å²) in [5.41, 5.74) is 2.06. The summed E-state index contributed by atoms with van der Waals surface area (Å²) in [5, 5.41) is 7.59. The van der Waals surface area contributed by atoms with Crippen LogP contribution in [-0.4, -0.2) is 58.1 Å². The molecule has 0 amide bonds. The van der Waals surface area contributed by atoms with Crippen LogP contribution in [0.2, 0.25) is 0 Å². The molecule has 1 aromatic heterocycles. The molecule has 148 valence electrons. The van der Waals surface area contributed by atoms with Crippen LogP contribution in [0.4, 0.5) is 5.82 Å². The number of para-hydroxylation sites is 1. The summed E-state index contributed by atoms with van der Waals surface area (Å²) >= 11 is 0. The number of aromatic nitrogens is 1. The summed E-state index contributed by atoms with van der Waals surface area (Å²) in [7, 11) is 2.70. The summed E-state index contributed by atoms with van der Waals surface area (Å²) in [4.78, 5) is 10.9. The normalized spacial score (nSPS) is 18.8. The van der Waals surface area contributed by atoms with Crippen molar-refractivity contribution in [3.8, 4) is 0 Å². The minimum absolute atomic E-state index is 0. The van der Waals surface area contributed by atoms with Gasteiger partial charge in [0.05, 0.1) is 17.0 Å². The smallest absolute Gasteiger partial charge is 0.191 e. The molecule has 7 nitrogen and oxygen atoms in total. The molecular formula is C18H26IN5O2S. The molecule has 1 unspecified atom stereocenters. The maximum Gasteiger partial charge on any atom is 0.191 e. The number of fused-ring (bicyclic) bond motifs is 1. The molecular weight excluding hydrogens is 477 g/mol. The Morgan fingerprint density at radius 1 is 1.33 bits per heavy atom. The van der Waals surface area contributed by atoms with E-state index in [2.05, 4.69) is 32.7 Å². The third-order valence-corrected chi connectivity index (χ3v) is 6.26. The number of sulfone groups is 1. The predicted molar refractivity (Wildman–Crippen MR) is 122 cm³/mol. The molecule has 1 fully saturated rings. The molecule has 27 heavy (non-hydrogen) atoms. The zero-order valence-corrected chi connectivity index (χ0v) is 18.9. The van der Waals surface area contributed by atoms with E-state index in [9.17, 15) is 8.42 Å². The number of nitrogens with zero attached hydrogens (tertiary/aromatic N) is 3. The first-order valence-electron chi connectivity index (χ1n) is 8.61. The van der Waals surface area contributed by atoms with Gasteiger partial charge in [-0.2, -0.15) is 0 Å². The van der Waals surface area contributed by atoms with E-state index < -0.39 is 9.84 Å². The van der Waals surface area contributed by atoms with E-state index >= 15 is 0 Å². The van der Waals surface area contributed by atoms with Crippen molar-refractivity contribution in [2.24, 2.45) is 4.99 Å². The molecule has 0 aliphatic carbocycles. The number of nitrogens with one attached hydrogen (secondary N) is 2. The van der Waals surface area contributed by atoms with Crippen molar-refractivity contribution in [2.45, 2.75) is 19.0 Å². The number of rotatable bonds is 4. The van der Waals surface area contributed by atoms with E-state index in [4.69, 9.17) is 0 Å². The fourth-order valence-electron chi connectivity index (χ4n) is 3.08. The summed E-state index contributed by atoms with van der Waals surface area (Å²) < 4.78 is 23.3. The molecule has 1 saturated heterocycles. The lowest BCUT2D eigenvalue weighted by atomic mass is 10.1. The molecule has 0 spiro atoms. The lowest BCUT2D eigenvalue weighted by molar-refractivity contribution is 0.599. The third kappa shape index (κ3) is 5.44. The molecule has 2 aromatic rings. The molecule has 0 bridgehead atoms. The van der Waals surface area contributed by atoms with Crippen LogP contribution in [-0.2, 0) is 16.4 Å². The number of benzene rings is 1. The van der Waals surface area contributed by atoms with Crippen molar-refractivity contribution >= 4 is 56.5 Å². The molecule has 0 saturated carbocycles. The van der Waals surface area contributed by atoms with Gasteiger partial charge in [0, 0.05) is 39.1 Å². The average molecular weight is 503 g/mol. The first-order valence-corrected chi connectivity index (χ1v) is 10.4. The van der Waals surface area contributed by atoms with Gasteiger partial charge in [0.15, 0.2) is 15.8 Å². The fourth-order valence-corrected chi connectivity index (χ4v) is 4.76. The summed E-state index contributed by atoms with van der Waals surface area (Å²) in [6.07, 6.45) is 0.617. The molecule has 2 heterocycles. The highest BCUT2D eigenvalue weighted by molar-refractivity contribution is 14.0. The summed E-state index contributed by atoms with van der Waals surface area (Å²) in [6.45, 7) is 0.572. The number of aliphatic imine (C=N–C) groups is 1. The zero-order chi connectivity index (χ0) is 18.7. The van der Waals surface area contributed by atoms with Gasteiger partial charge in [-0.25, -0.2) is 13.4 Å². The van der Waals surface area contributed by atoms with Crippen LogP contribution >= 0.6 is 24.0 Å². The Kier molecular flexibility index (Phi) is 7.26. The van der Waals surface area contributed by atoms with Crippen LogP contribution < -0.4 is 15.5 Å². The van der Waals surface area contributed by atoms with E-state index in [1.165, 1.54) is 0 Å². The van der Waals surface area contributed by atoms with E-state index in [1.54, 1.807) is 7.05 Å². The average Bonchev–Trinajstić information content (AvgIpc) is 2.96. The van der Waals surface area contributed by atoms with Crippen molar-refractivity contribution in [3.05, 3.63) is 35.9 Å². The van der Waals surface area contributed by atoms with Crippen molar-refractivity contribution in [1.29, 1.82) is 0 Å². The number of anilines is 1. The third-order valence-electron chi connectivity index (χ3n) is 4.49. The minimum Gasteiger partial charge on any atom is -0.363 e. The molecule has 1 aliphatic rings. The Labute approximate surface area is 177 Å². The highest BCUT2D eigenvalue weighted by atomic mass is 127. The first kappa shape index (κ1) is 21.7. The van der Waals surface area contributed by atoms with Crippen LogP contribution in [0.1, 0.15) is 12.0 Å². The van der Waals surface area contributed by atoms with Gasteiger partial charge in [0.25, 0.3) is 0 Å². The number of hydrogen-bond donors (Lipinski definition) is 2. The second kappa shape index (κ2) is 9.05. The van der Waals surface area contributed by atoms with Gasteiger partial charge in [-0.05, 0) is 24.1 Å². The van der Waals surface area contributed by atoms with E-state index in [1.807, 2.05) is 37.2 Å². The Hall–Kier alpha value is -1.62. The highest BCUT2D eigenvalue weighted by Crippen LogP contribution is 2.22. The van der Waals surface area contributed by atoms with E-state index in [0.29, 0.717) is 18.9 Å². The van der Waals surface area contributed by atoms with Gasteiger partial charge in [-0.1, -0.05) is 18.2 Å². The molecule has 1 aromatic carbocycles. The van der Waals surface area contributed by atoms with E-state index in [0.717, 1.165) is 22.3 Å². The van der Waals surface area contributed by atoms with Crippen molar-refractivity contribution in [3.63, 3.8) is 0 Å². The van der Waals surface area contributed by atoms with E-state index in [-0.39, 0.29) is 41.5 Å². The highest BCUT2D eigenvalue weighted by Gasteiger charge is 2.28. The molecule has 1 atom stereocenters. The first-order chi connectivity index (χ1) is 12.4. The van der Waals surface area contributed by atoms with Gasteiger partial charge in [0.1, 0.15) is 5.82 Å². The molecule has 3 rings (SSSR count). The van der Waals surface area contributed by atoms with Crippen LogP contribution in [0, 0.1) is 0 Å². The Bertz CT molecular complexity index is 930. The number of guanidine groups is 1. The topological polar surface area (TPSA) is 86.7 Å². The van der Waals surface area contributed by atoms with Crippen molar-refractivity contribution in [1.82, 2.24) is 15.6 Å². The van der Waals surface area contributed by atoms with Crippen LogP contribution in [0.25, 0.3) is 10.9 Å². The number of halogens is 1. The predicted octanol–water partition coefficient (Wildman–Crippen LogP) is 1.77. The standard InChI is InChI=1S/C18H25N5O2S.HI/c1-19-18(21-14-8-9-26(24,25)12-14)20-11-13-10-17(23(2)3)22-16-7-5-4-6-15(13)16;/h4-7,10,14H,8-9,11-12H2,1-3H3,(H2,19,20,21);1H. The van der Waals surface area contributed by atoms with Crippen molar-refractivity contribution < 1.29 is 8.42 Å². The number of hydrogen-bond acceptors (Lipinski definition) is 5. The largest absolute Gasteiger partial charge is 0.363 e. The van der Waals surface area contributed by atoms with Gasteiger partial charge < -0.3 is 15.5 Å². The lowest BCUT2D eigenvalue weighted by Crippen LogP contribution is -2.43. The van der Waals surface area contributed by atoms with Crippen LogP contribution in [0.5, 0.6) is 0 Å². The van der Waals surface area contributed by atoms with Crippen LogP contribution in [0.15, 0.2) is 35.3 Å². The maximum absolute atomic E-state index is 11.6. The SMILES string of the molecule is CN=C(NCc1cc(N(C)C)nc2ccccc12)NC1CCS(=O)(=O)C1.I. The Morgan fingerprint density at radius 2 is 2.07 bits per heavy atom. The monoisotopic (exact) mass is 503 g/mol.